The van der Waals surface area contributed by atoms with E-state index < -0.39 is 11.7 Å². The fourth-order valence-corrected chi connectivity index (χ4v) is 6.50. The topological polar surface area (TPSA) is 88.8 Å². The van der Waals surface area contributed by atoms with E-state index in [-0.39, 0.29) is 48.2 Å². The van der Waals surface area contributed by atoms with Gasteiger partial charge in [-0.05, 0) is 63.9 Å². The Kier molecular flexibility index (Phi) is 9.11. The molecule has 0 bridgehead atoms. The van der Waals surface area contributed by atoms with Crippen LogP contribution in [0.4, 0.5) is 24.7 Å². The predicted molar refractivity (Wildman–Crippen MR) is 157 cm³/mol. The molecule has 2 aromatic rings. The molecule has 9 nitrogen and oxygen atoms in total. The predicted octanol–water partition coefficient (Wildman–Crippen LogP) is 4.35. The first kappa shape index (κ1) is 30.6. The Hall–Kier alpha value is -3.85. The van der Waals surface area contributed by atoms with Gasteiger partial charge in [-0.1, -0.05) is 18.7 Å². The van der Waals surface area contributed by atoms with Gasteiger partial charge in [-0.2, -0.15) is 28.4 Å². The van der Waals surface area contributed by atoms with Crippen LogP contribution in [0.3, 0.4) is 0 Å². The highest BCUT2D eigenvalue weighted by Gasteiger charge is 2.38. The minimum atomic E-state index is -4.49. The van der Waals surface area contributed by atoms with Crippen molar-refractivity contribution < 1.29 is 22.7 Å². The van der Waals surface area contributed by atoms with Gasteiger partial charge in [0, 0.05) is 43.5 Å². The van der Waals surface area contributed by atoms with Gasteiger partial charge in [0.2, 0.25) is 5.91 Å². The molecule has 230 valence electrons. The molecule has 3 aliphatic heterocycles. The molecule has 0 N–H and O–H groups in total. The number of likely N-dealkylation sites (N-methyl/N-ethyl adjacent to an activating group) is 1. The minimum absolute atomic E-state index is 0.140. The lowest BCUT2D eigenvalue weighted by atomic mass is 10.0. The standard InChI is InChI=1S/C31H38F3N7O2/c1-4-27(42)41-17-16-40(18-22(41)12-13-35)29-24-10-7-15-39(26-11-5-8-21(2)28(26)31(32,33)34)19-25(24)36-30(37-29)43-20-23-9-6-14-38(23)3/h4-5,8,11,22-23H,1,6-7,9-10,12,14-20H2,2-3H3/t22-,23+/m1/s1. The Balaban J connectivity index is 1.52. The van der Waals surface area contributed by atoms with Gasteiger partial charge in [-0.15, -0.1) is 0 Å². The lowest BCUT2D eigenvalue weighted by molar-refractivity contribution is -0.137. The van der Waals surface area contributed by atoms with Crippen molar-refractivity contribution in [3.8, 4) is 12.1 Å². The van der Waals surface area contributed by atoms with Crippen molar-refractivity contribution in [3.05, 3.63) is 53.2 Å². The van der Waals surface area contributed by atoms with Crippen molar-refractivity contribution in [2.75, 3.05) is 56.2 Å². The molecule has 0 spiro atoms. The van der Waals surface area contributed by atoms with Crippen molar-refractivity contribution >= 4 is 17.4 Å². The number of rotatable bonds is 7. The van der Waals surface area contributed by atoms with Crippen molar-refractivity contribution in [1.82, 2.24) is 19.8 Å². The second kappa shape index (κ2) is 12.8. The number of hydrogen-bond donors (Lipinski definition) is 0. The number of fused-ring (bicyclic) bond motifs is 1. The number of likely N-dealkylation sites (tertiary alicyclic amines) is 1. The van der Waals surface area contributed by atoms with Crippen molar-refractivity contribution in [2.45, 2.75) is 63.8 Å². The van der Waals surface area contributed by atoms with Gasteiger partial charge < -0.3 is 24.3 Å². The van der Waals surface area contributed by atoms with Crippen LogP contribution in [0.2, 0.25) is 0 Å². The lowest BCUT2D eigenvalue weighted by Gasteiger charge is -2.41. The van der Waals surface area contributed by atoms with Crippen LogP contribution in [-0.2, 0) is 23.9 Å². The van der Waals surface area contributed by atoms with E-state index in [2.05, 4.69) is 29.5 Å². The zero-order valence-corrected chi connectivity index (χ0v) is 24.7. The average molecular weight is 598 g/mol. The third-order valence-corrected chi connectivity index (χ3v) is 8.76. The van der Waals surface area contributed by atoms with E-state index in [1.165, 1.54) is 25.1 Å². The number of ether oxygens (including phenoxy) is 1. The highest BCUT2D eigenvalue weighted by Crippen LogP contribution is 2.40. The SMILES string of the molecule is C=CC(=O)N1CCN(c2nc(OC[C@@H]3CCCN3C)nc3c2CCCN(c2cccc(C)c2C(F)(F)F)C3)C[C@H]1CC#N. The van der Waals surface area contributed by atoms with E-state index in [4.69, 9.17) is 14.7 Å². The molecule has 2 saturated heterocycles. The second-order valence-electron chi connectivity index (χ2n) is 11.5. The van der Waals surface area contributed by atoms with E-state index in [1.54, 1.807) is 15.9 Å². The summed E-state index contributed by atoms with van der Waals surface area (Å²) < 4.78 is 48.7. The van der Waals surface area contributed by atoms with Gasteiger partial charge in [0.25, 0.3) is 0 Å². The van der Waals surface area contributed by atoms with Crippen LogP contribution in [-0.4, -0.2) is 84.1 Å². The number of hydrogen-bond acceptors (Lipinski definition) is 8. The van der Waals surface area contributed by atoms with Gasteiger partial charge in [-0.25, -0.2) is 0 Å². The Morgan fingerprint density at radius 2 is 1.98 bits per heavy atom. The molecule has 2 atom stereocenters. The molecule has 12 heteroatoms. The molecular weight excluding hydrogens is 559 g/mol. The first-order valence-electron chi connectivity index (χ1n) is 14.8. The smallest absolute Gasteiger partial charge is 0.418 e. The highest BCUT2D eigenvalue weighted by molar-refractivity contribution is 5.87. The summed E-state index contributed by atoms with van der Waals surface area (Å²) in [5.41, 5.74) is 1.19. The molecule has 0 unspecified atom stereocenters. The molecule has 0 radical (unpaired) electrons. The number of nitrogens with zero attached hydrogens (tertiary/aromatic N) is 7. The van der Waals surface area contributed by atoms with Crippen LogP contribution in [0.15, 0.2) is 30.9 Å². The Morgan fingerprint density at radius 3 is 2.67 bits per heavy atom. The highest BCUT2D eigenvalue weighted by atomic mass is 19.4. The number of carbonyl (C=O) groups excluding carboxylic acids is 1. The minimum Gasteiger partial charge on any atom is -0.462 e. The summed E-state index contributed by atoms with van der Waals surface area (Å²) in [6.45, 7) is 8.35. The molecule has 0 aliphatic carbocycles. The van der Waals surface area contributed by atoms with Crippen LogP contribution < -0.4 is 14.5 Å². The monoisotopic (exact) mass is 597 g/mol. The Bertz CT molecular complexity index is 1390. The maximum Gasteiger partial charge on any atom is 0.418 e. The summed E-state index contributed by atoms with van der Waals surface area (Å²) >= 11 is 0. The first-order valence-corrected chi connectivity index (χ1v) is 14.8. The fraction of sp³-hybridized carbons (Fsp3) is 0.548. The van der Waals surface area contributed by atoms with Crippen molar-refractivity contribution in [2.24, 2.45) is 0 Å². The maximum absolute atomic E-state index is 14.2. The van der Waals surface area contributed by atoms with E-state index in [9.17, 15) is 23.2 Å². The largest absolute Gasteiger partial charge is 0.462 e. The number of alkyl halides is 3. The van der Waals surface area contributed by atoms with E-state index in [0.717, 1.165) is 24.9 Å². The summed E-state index contributed by atoms with van der Waals surface area (Å²) in [6.07, 6.45) is 0.200. The van der Waals surface area contributed by atoms with Crippen LogP contribution in [0.25, 0.3) is 0 Å². The quantitative estimate of drug-likeness (QED) is 0.436. The van der Waals surface area contributed by atoms with Crippen molar-refractivity contribution in [3.63, 3.8) is 0 Å². The number of nitriles is 1. The average Bonchev–Trinajstić information content (AvgIpc) is 3.26. The lowest BCUT2D eigenvalue weighted by Crippen LogP contribution is -2.55. The van der Waals surface area contributed by atoms with Gasteiger partial charge in [0.15, 0.2) is 0 Å². The van der Waals surface area contributed by atoms with Gasteiger partial charge in [-0.3, -0.25) is 4.79 Å². The van der Waals surface area contributed by atoms with E-state index in [0.29, 0.717) is 57.1 Å². The molecule has 1 aromatic heterocycles. The summed E-state index contributed by atoms with van der Waals surface area (Å²) in [5.74, 6) is 0.441. The molecule has 1 aromatic carbocycles. The molecule has 4 heterocycles. The van der Waals surface area contributed by atoms with Crippen LogP contribution in [0, 0.1) is 18.3 Å². The van der Waals surface area contributed by atoms with E-state index in [1.807, 2.05) is 0 Å². The third-order valence-electron chi connectivity index (χ3n) is 8.76. The molecule has 2 fully saturated rings. The number of benzene rings is 1. The zero-order chi connectivity index (χ0) is 30.7. The number of aromatic nitrogens is 2. The van der Waals surface area contributed by atoms with Gasteiger partial charge >= 0.3 is 12.2 Å². The van der Waals surface area contributed by atoms with E-state index >= 15 is 0 Å². The van der Waals surface area contributed by atoms with Crippen LogP contribution >= 0.6 is 0 Å². The fourth-order valence-electron chi connectivity index (χ4n) is 6.50. The number of aryl methyl sites for hydroxylation is 1. The Morgan fingerprint density at radius 1 is 1.16 bits per heavy atom. The Labute approximate surface area is 250 Å². The second-order valence-corrected chi connectivity index (χ2v) is 11.5. The normalized spacial score (nSPS) is 21.3. The first-order chi connectivity index (χ1) is 20.6. The number of halogens is 3. The molecular formula is C31H38F3N7O2. The molecule has 1 amide bonds. The molecule has 3 aliphatic rings. The summed E-state index contributed by atoms with van der Waals surface area (Å²) in [4.78, 5) is 29.9. The summed E-state index contributed by atoms with van der Waals surface area (Å²) in [7, 11) is 2.06. The zero-order valence-electron chi connectivity index (χ0n) is 24.7. The van der Waals surface area contributed by atoms with Crippen LogP contribution in [0.5, 0.6) is 6.01 Å². The molecule has 0 saturated carbocycles. The summed E-state index contributed by atoms with van der Waals surface area (Å²) in [5, 5.41) is 9.49. The number of piperazine rings is 1. The number of amides is 1. The summed E-state index contributed by atoms with van der Waals surface area (Å²) in [6, 6.07) is 6.93. The van der Waals surface area contributed by atoms with Crippen LogP contribution in [0.1, 0.15) is 48.1 Å². The van der Waals surface area contributed by atoms with Gasteiger partial charge in [0.1, 0.15) is 12.4 Å². The van der Waals surface area contributed by atoms with Crippen molar-refractivity contribution in [1.29, 1.82) is 5.26 Å². The third kappa shape index (κ3) is 6.56. The molecule has 43 heavy (non-hydrogen) atoms. The number of anilines is 2. The van der Waals surface area contributed by atoms with Gasteiger partial charge in [0.05, 0.1) is 36.3 Å². The molecule has 5 rings (SSSR count). The maximum atomic E-state index is 14.2. The number of carbonyl (C=O) groups is 1.